The van der Waals surface area contributed by atoms with Crippen LogP contribution < -0.4 is 0 Å². The highest BCUT2D eigenvalue weighted by molar-refractivity contribution is 6.30. The van der Waals surface area contributed by atoms with E-state index in [1.807, 2.05) is 6.07 Å². The number of benzene rings is 1. The monoisotopic (exact) mass is 271 g/mol. The van der Waals surface area contributed by atoms with Gasteiger partial charge in [0, 0.05) is 19.2 Å². The lowest BCUT2D eigenvalue weighted by atomic mass is 10.1. The number of aliphatic hydroxyl groups is 1. The van der Waals surface area contributed by atoms with Gasteiger partial charge in [0.2, 0.25) is 0 Å². The number of hydrogen-bond donors (Lipinski definition) is 1. The van der Waals surface area contributed by atoms with Crippen molar-refractivity contribution in [2.75, 3.05) is 13.2 Å². The van der Waals surface area contributed by atoms with Gasteiger partial charge in [-0.25, -0.2) is 4.39 Å². The Morgan fingerprint density at radius 2 is 2.28 bits per heavy atom. The molecule has 1 aromatic carbocycles. The van der Waals surface area contributed by atoms with E-state index in [2.05, 4.69) is 4.90 Å². The summed E-state index contributed by atoms with van der Waals surface area (Å²) in [6, 6.07) is 5.54. The minimum atomic E-state index is -0.347. The number of rotatable bonds is 5. The molecule has 4 heteroatoms. The standard InChI is InChI=1S/C14H19ClFNO/c15-13-6-5-11(9-14(13)16)10-17-7-1-3-12(17)4-2-8-18/h5-6,9,12,18H,1-4,7-8,10H2. The average molecular weight is 272 g/mol. The van der Waals surface area contributed by atoms with Crippen LogP contribution in [0.4, 0.5) is 4.39 Å². The molecule has 1 aliphatic heterocycles. The second kappa shape index (κ2) is 6.50. The van der Waals surface area contributed by atoms with E-state index in [4.69, 9.17) is 16.7 Å². The summed E-state index contributed by atoms with van der Waals surface area (Å²) in [5.74, 6) is -0.347. The zero-order valence-electron chi connectivity index (χ0n) is 10.4. The second-order valence-corrected chi connectivity index (χ2v) is 5.29. The molecule has 0 bridgehead atoms. The quantitative estimate of drug-likeness (QED) is 0.889. The summed E-state index contributed by atoms with van der Waals surface area (Å²) >= 11 is 5.68. The van der Waals surface area contributed by atoms with Crippen molar-refractivity contribution in [3.63, 3.8) is 0 Å². The molecular formula is C14H19ClFNO. The Balaban J connectivity index is 1.96. The lowest BCUT2D eigenvalue weighted by Crippen LogP contribution is -2.29. The molecule has 1 heterocycles. The van der Waals surface area contributed by atoms with Crippen molar-refractivity contribution in [1.29, 1.82) is 0 Å². The van der Waals surface area contributed by atoms with Crippen LogP contribution in [-0.2, 0) is 6.54 Å². The van der Waals surface area contributed by atoms with Crippen LogP contribution in [0.1, 0.15) is 31.2 Å². The second-order valence-electron chi connectivity index (χ2n) is 4.88. The first-order chi connectivity index (χ1) is 8.70. The van der Waals surface area contributed by atoms with E-state index in [0.717, 1.165) is 31.5 Å². The van der Waals surface area contributed by atoms with Gasteiger partial charge in [0.1, 0.15) is 5.82 Å². The minimum Gasteiger partial charge on any atom is -0.396 e. The van der Waals surface area contributed by atoms with E-state index in [1.54, 1.807) is 6.07 Å². The fourth-order valence-corrected chi connectivity index (χ4v) is 2.75. The third-order valence-corrected chi connectivity index (χ3v) is 3.87. The molecule has 0 radical (unpaired) electrons. The van der Waals surface area contributed by atoms with Crippen molar-refractivity contribution in [2.45, 2.75) is 38.3 Å². The maximum absolute atomic E-state index is 13.4. The van der Waals surface area contributed by atoms with Crippen molar-refractivity contribution in [2.24, 2.45) is 0 Å². The molecule has 18 heavy (non-hydrogen) atoms. The molecule has 0 aliphatic carbocycles. The Hall–Kier alpha value is -0.640. The van der Waals surface area contributed by atoms with Gasteiger partial charge in [0.25, 0.3) is 0 Å². The van der Waals surface area contributed by atoms with Crippen LogP contribution in [0, 0.1) is 5.82 Å². The van der Waals surface area contributed by atoms with Crippen molar-refractivity contribution in [3.05, 3.63) is 34.6 Å². The zero-order chi connectivity index (χ0) is 13.0. The van der Waals surface area contributed by atoms with Gasteiger partial charge in [0.15, 0.2) is 0 Å². The topological polar surface area (TPSA) is 23.5 Å². The summed E-state index contributed by atoms with van der Waals surface area (Å²) in [5, 5.41) is 9.06. The molecule has 0 spiro atoms. The molecule has 1 aliphatic rings. The summed E-state index contributed by atoms with van der Waals surface area (Å²) < 4.78 is 13.4. The molecule has 1 fully saturated rings. The van der Waals surface area contributed by atoms with E-state index >= 15 is 0 Å². The van der Waals surface area contributed by atoms with Gasteiger partial charge in [-0.2, -0.15) is 0 Å². The van der Waals surface area contributed by atoms with Crippen LogP contribution in [0.3, 0.4) is 0 Å². The molecule has 0 aromatic heterocycles. The van der Waals surface area contributed by atoms with Crippen LogP contribution in [-0.4, -0.2) is 29.2 Å². The van der Waals surface area contributed by atoms with E-state index in [1.165, 1.54) is 18.9 Å². The largest absolute Gasteiger partial charge is 0.396 e. The molecule has 2 rings (SSSR count). The first kappa shape index (κ1) is 13.8. The Bertz CT molecular complexity index is 399. The van der Waals surface area contributed by atoms with E-state index in [0.29, 0.717) is 6.04 Å². The van der Waals surface area contributed by atoms with Gasteiger partial charge in [-0.05, 0) is 49.9 Å². The maximum atomic E-state index is 13.4. The predicted octanol–water partition coefficient (Wildman–Crippen LogP) is 3.22. The summed E-state index contributed by atoms with van der Waals surface area (Å²) in [5.41, 5.74) is 0.966. The minimum absolute atomic E-state index is 0.178. The summed E-state index contributed by atoms with van der Waals surface area (Å²) in [6.07, 6.45) is 4.23. The number of halogens is 2. The normalized spacial score (nSPS) is 20.5. The first-order valence-electron chi connectivity index (χ1n) is 6.49. The number of nitrogens with zero attached hydrogens (tertiary/aromatic N) is 1. The molecule has 1 atom stereocenters. The van der Waals surface area contributed by atoms with Crippen molar-refractivity contribution in [1.82, 2.24) is 4.90 Å². The number of hydrogen-bond acceptors (Lipinski definition) is 2. The molecule has 1 aromatic rings. The smallest absolute Gasteiger partial charge is 0.142 e. The summed E-state index contributed by atoms with van der Waals surface area (Å²) in [7, 11) is 0. The lowest BCUT2D eigenvalue weighted by molar-refractivity contribution is 0.210. The molecule has 1 unspecified atom stereocenters. The maximum Gasteiger partial charge on any atom is 0.142 e. The van der Waals surface area contributed by atoms with Crippen LogP contribution in [0.5, 0.6) is 0 Å². The van der Waals surface area contributed by atoms with Gasteiger partial charge in [-0.3, -0.25) is 4.90 Å². The van der Waals surface area contributed by atoms with Gasteiger partial charge in [-0.15, -0.1) is 0 Å². The zero-order valence-corrected chi connectivity index (χ0v) is 11.2. The van der Waals surface area contributed by atoms with Crippen molar-refractivity contribution in [3.8, 4) is 0 Å². The van der Waals surface area contributed by atoms with Gasteiger partial charge >= 0.3 is 0 Å². The van der Waals surface area contributed by atoms with Gasteiger partial charge in [-0.1, -0.05) is 17.7 Å². The lowest BCUT2D eigenvalue weighted by Gasteiger charge is -2.24. The van der Waals surface area contributed by atoms with E-state index in [9.17, 15) is 4.39 Å². The Labute approximate surface area is 112 Å². The van der Waals surface area contributed by atoms with Crippen LogP contribution >= 0.6 is 11.6 Å². The molecule has 2 nitrogen and oxygen atoms in total. The van der Waals surface area contributed by atoms with Crippen molar-refractivity contribution >= 4 is 11.6 Å². The summed E-state index contributed by atoms with van der Waals surface area (Å²) in [6.45, 7) is 2.07. The highest BCUT2D eigenvalue weighted by atomic mass is 35.5. The fraction of sp³-hybridized carbons (Fsp3) is 0.571. The Kier molecular flexibility index (Phi) is 4.98. The molecule has 0 amide bonds. The van der Waals surface area contributed by atoms with Gasteiger partial charge < -0.3 is 5.11 Å². The predicted molar refractivity (Wildman–Crippen MR) is 71.2 cm³/mol. The van der Waals surface area contributed by atoms with Gasteiger partial charge in [0.05, 0.1) is 5.02 Å². The number of likely N-dealkylation sites (tertiary alicyclic amines) is 1. The molecule has 0 saturated carbocycles. The number of aliphatic hydroxyl groups excluding tert-OH is 1. The molecule has 100 valence electrons. The summed E-state index contributed by atoms with van der Waals surface area (Å²) in [4.78, 5) is 2.37. The highest BCUT2D eigenvalue weighted by Gasteiger charge is 2.23. The molecule has 1 saturated heterocycles. The third-order valence-electron chi connectivity index (χ3n) is 3.56. The van der Waals surface area contributed by atoms with Crippen molar-refractivity contribution < 1.29 is 9.50 Å². The third kappa shape index (κ3) is 3.44. The van der Waals surface area contributed by atoms with E-state index in [-0.39, 0.29) is 17.4 Å². The molecular weight excluding hydrogens is 253 g/mol. The Morgan fingerprint density at radius 3 is 3.00 bits per heavy atom. The Morgan fingerprint density at radius 1 is 1.44 bits per heavy atom. The van der Waals surface area contributed by atoms with Crippen LogP contribution in [0.2, 0.25) is 5.02 Å². The average Bonchev–Trinajstić information content (AvgIpc) is 2.79. The fourth-order valence-electron chi connectivity index (χ4n) is 2.63. The van der Waals surface area contributed by atoms with Crippen LogP contribution in [0.25, 0.3) is 0 Å². The SMILES string of the molecule is OCCCC1CCCN1Cc1ccc(Cl)c(F)c1. The molecule has 1 N–H and O–H groups in total. The first-order valence-corrected chi connectivity index (χ1v) is 6.87. The highest BCUT2D eigenvalue weighted by Crippen LogP contribution is 2.24. The van der Waals surface area contributed by atoms with Crippen LogP contribution in [0.15, 0.2) is 18.2 Å². The van der Waals surface area contributed by atoms with E-state index < -0.39 is 0 Å².